The number of likely N-dealkylation sites (N-methyl/N-ethyl adjacent to an activating group) is 1. The monoisotopic (exact) mass is 577 g/mol. The maximum atomic E-state index is 14.1. The number of fused-ring (bicyclic) bond motifs is 1. The molecule has 1 aliphatic heterocycles. The molecule has 10 heteroatoms. The highest BCUT2D eigenvalue weighted by Gasteiger charge is 2.41. The Balaban J connectivity index is 1.73. The van der Waals surface area contributed by atoms with Gasteiger partial charge in [0.15, 0.2) is 0 Å². The molecule has 4 rings (SSSR count). The number of nitrogens with zero attached hydrogens (tertiary/aromatic N) is 2. The van der Waals surface area contributed by atoms with Crippen LogP contribution in [0.5, 0.6) is 0 Å². The van der Waals surface area contributed by atoms with E-state index in [0.29, 0.717) is 42.5 Å². The van der Waals surface area contributed by atoms with Crippen molar-refractivity contribution >= 4 is 51.7 Å². The third-order valence-corrected chi connectivity index (χ3v) is 10.6. The molecule has 1 saturated carbocycles. The van der Waals surface area contributed by atoms with Gasteiger partial charge in [-0.3, -0.25) is 4.79 Å². The Morgan fingerprint density at radius 3 is 2.61 bits per heavy atom. The lowest BCUT2D eigenvalue weighted by Crippen LogP contribution is -2.46. The maximum absolute atomic E-state index is 14.1. The zero-order valence-corrected chi connectivity index (χ0v) is 24.3. The molecule has 0 aromatic heterocycles. The van der Waals surface area contributed by atoms with Gasteiger partial charge in [-0.25, -0.2) is 13.1 Å². The molecule has 2 aromatic rings. The molecule has 1 N–H and O–H groups in total. The van der Waals surface area contributed by atoms with E-state index in [4.69, 9.17) is 15.8 Å². The third-order valence-electron chi connectivity index (χ3n) is 7.75. The SMILES string of the molecule is C=C(C)C(CCc1cc2c(cc1Cl)N(c1ccccc1)CC(C1CCCCC1)N(C)S2(=O)=O)NSOC=O. The molecule has 0 spiro atoms. The third kappa shape index (κ3) is 6.39. The Hall–Kier alpha value is -2.04. The van der Waals surface area contributed by atoms with E-state index in [1.165, 1.54) is 6.42 Å². The van der Waals surface area contributed by atoms with Gasteiger partial charge in [0.2, 0.25) is 10.0 Å². The Morgan fingerprint density at radius 1 is 1.24 bits per heavy atom. The predicted octanol–water partition coefficient (Wildman–Crippen LogP) is 6.26. The van der Waals surface area contributed by atoms with Gasteiger partial charge in [0, 0.05) is 36.4 Å². The molecule has 0 radical (unpaired) electrons. The average Bonchev–Trinajstić information content (AvgIpc) is 2.99. The minimum atomic E-state index is -3.77. The molecule has 2 atom stereocenters. The standard InChI is InChI=1S/C28H36ClN3O4S2/c1-20(2)25(30-37-36-19-33)15-14-22-16-28-26(17-24(22)29)32(23-12-8-5-9-13-23)18-27(31(3)38(28,34)35)21-10-6-4-7-11-21/h5,8-9,12-13,16-17,19,21,25,27,30H,1,4,6-7,10-11,14-15,18H2,2-3H3. The summed E-state index contributed by atoms with van der Waals surface area (Å²) in [5.41, 5.74) is 3.18. The fraction of sp³-hybridized carbons (Fsp3) is 0.464. The van der Waals surface area contributed by atoms with Crippen LogP contribution < -0.4 is 9.62 Å². The van der Waals surface area contributed by atoms with Crippen molar-refractivity contribution in [2.75, 3.05) is 18.5 Å². The summed E-state index contributed by atoms with van der Waals surface area (Å²) in [5, 5.41) is 0.524. The first-order chi connectivity index (χ1) is 18.2. The van der Waals surface area contributed by atoms with Crippen molar-refractivity contribution in [1.82, 2.24) is 9.03 Å². The van der Waals surface area contributed by atoms with Gasteiger partial charge in [0.25, 0.3) is 0 Å². The van der Waals surface area contributed by atoms with E-state index in [-0.39, 0.29) is 17.0 Å². The topological polar surface area (TPSA) is 79.0 Å². The van der Waals surface area contributed by atoms with E-state index in [9.17, 15) is 13.2 Å². The van der Waals surface area contributed by atoms with Crippen LogP contribution in [0.4, 0.5) is 11.4 Å². The van der Waals surface area contributed by atoms with Crippen molar-refractivity contribution in [3.63, 3.8) is 0 Å². The van der Waals surface area contributed by atoms with Crippen molar-refractivity contribution < 1.29 is 17.4 Å². The number of carbonyl (C=O) groups excluding carboxylic acids is 1. The Morgan fingerprint density at radius 2 is 1.95 bits per heavy atom. The average molecular weight is 578 g/mol. The molecule has 2 unspecified atom stereocenters. The Labute approximate surface area is 236 Å². The van der Waals surface area contributed by atoms with E-state index in [2.05, 4.69) is 16.2 Å². The van der Waals surface area contributed by atoms with Crippen LogP contribution in [0.15, 0.2) is 59.5 Å². The predicted molar refractivity (Wildman–Crippen MR) is 155 cm³/mol. The van der Waals surface area contributed by atoms with E-state index in [0.717, 1.165) is 54.7 Å². The van der Waals surface area contributed by atoms with Crippen LogP contribution in [0.25, 0.3) is 0 Å². The number of anilines is 2. The number of hydrogen-bond acceptors (Lipinski definition) is 7. The molecule has 206 valence electrons. The smallest absolute Gasteiger partial charge is 0.306 e. The van der Waals surface area contributed by atoms with Crippen molar-refractivity contribution in [2.24, 2.45) is 5.92 Å². The van der Waals surface area contributed by atoms with Crippen molar-refractivity contribution in [1.29, 1.82) is 0 Å². The van der Waals surface area contributed by atoms with Gasteiger partial charge in [-0.05, 0) is 68.4 Å². The van der Waals surface area contributed by atoms with Crippen LogP contribution in [0.1, 0.15) is 51.0 Å². The Bertz CT molecular complexity index is 1240. The molecule has 1 fully saturated rings. The number of aryl methyl sites for hydroxylation is 1. The minimum absolute atomic E-state index is 0.137. The van der Waals surface area contributed by atoms with Crippen LogP contribution in [0.2, 0.25) is 5.02 Å². The molecule has 7 nitrogen and oxygen atoms in total. The minimum Gasteiger partial charge on any atom is -0.377 e. The van der Waals surface area contributed by atoms with Crippen LogP contribution in [-0.4, -0.2) is 44.9 Å². The maximum Gasteiger partial charge on any atom is 0.306 e. The van der Waals surface area contributed by atoms with Gasteiger partial charge < -0.3 is 9.08 Å². The number of halogens is 1. The summed E-state index contributed by atoms with van der Waals surface area (Å²) in [6.45, 7) is 6.84. The summed E-state index contributed by atoms with van der Waals surface area (Å²) in [6, 6.07) is 13.2. The van der Waals surface area contributed by atoms with Gasteiger partial charge >= 0.3 is 6.47 Å². The Kier molecular flexibility index (Phi) is 9.81. The molecule has 0 saturated heterocycles. The second-order valence-corrected chi connectivity index (χ2v) is 13.1. The van der Waals surface area contributed by atoms with Crippen LogP contribution in [0, 0.1) is 5.92 Å². The summed E-state index contributed by atoms with van der Waals surface area (Å²) in [6.07, 6.45) is 6.68. The summed E-state index contributed by atoms with van der Waals surface area (Å²) >= 11 is 7.66. The normalized spacial score (nSPS) is 20.8. The zero-order chi connectivity index (χ0) is 27.3. The highest BCUT2D eigenvalue weighted by atomic mass is 35.5. The number of rotatable bonds is 10. The lowest BCUT2D eigenvalue weighted by atomic mass is 9.83. The number of carbonyl (C=O) groups is 1. The van der Waals surface area contributed by atoms with Gasteiger partial charge in [0.05, 0.1) is 5.69 Å². The molecular weight excluding hydrogens is 542 g/mol. The van der Waals surface area contributed by atoms with Crippen LogP contribution >= 0.6 is 23.8 Å². The molecule has 0 bridgehead atoms. The fourth-order valence-electron chi connectivity index (χ4n) is 5.56. The van der Waals surface area contributed by atoms with E-state index < -0.39 is 10.0 Å². The van der Waals surface area contributed by atoms with Gasteiger partial charge in [-0.15, -0.1) is 0 Å². The first-order valence-corrected chi connectivity index (χ1v) is 15.6. The summed E-state index contributed by atoms with van der Waals surface area (Å²) in [4.78, 5) is 12.9. The van der Waals surface area contributed by atoms with Crippen LogP contribution in [0.3, 0.4) is 0 Å². The lowest BCUT2D eigenvalue weighted by Gasteiger charge is -2.36. The summed E-state index contributed by atoms with van der Waals surface area (Å²) in [7, 11) is -2.04. The quantitative estimate of drug-likeness (QED) is 0.117. The first kappa shape index (κ1) is 29.0. The number of benzene rings is 2. The van der Waals surface area contributed by atoms with Crippen molar-refractivity contribution in [3.05, 3.63) is 65.2 Å². The van der Waals surface area contributed by atoms with Crippen molar-refractivity contribution in [2.45, 2.75) is 68.8 Å². The number of para-hydroxylation sites is 1. The van der Waals surface area contributed by atoms with Gasteiger partial charge in [0.1, 0.15) is 17.1 Å². The molecule has 2 aliphatic rings. The van der Waals surface area contributed by atoms with E-state index in [1.54, 1.807) is 23.5 Å². The molecular formula is C28H36ClN3O4S2. The summed E-state index contributed by atoms with van der Waals surface area (Å²) in [5.74, 6) is 0.312. The first-order valence-electron chi connectivity index (χ1n) is 13.0. The van der Waals surface area contributed by atoms with Gasteiger partial charge in [-0.2, -0.15) is 4.31 Å². The highest BCUT2D eigenvalue weighted by Crippen LogP contribution is 2.43. The molecule has 2 aromatic carbocycles. The fourth-order valence-corrected chi connectivity index (χ4v) is 7.97. The molecule has 38 heavy (non-hydrogen) atoms. The summed E-state index contributed by atoms with van der Waals surface area (Å²) < 4.78 is 37.6. The zero-order valence-electron chi connectivity index (χ0n) is 21.9. The second-order valence-electron chi connectivity index (χ2n) is 10.2. The molecule has 1 aliphatic carbocycles. The van der Waals surface area contributed by atoms with E-state index in [1.807, 2.05) is 37.3 Å². The van der Waals surface area contributed by atoms with Gasteiger partial charge in [-0.1, -0.05) is 61.2 Å². The molecule has 1 heterocycles. The number of nitrogens with one attached hydrogen (secondary N) is 1. The number of sulfonamides is 1. The van der Waals surface area contributed by atoms with Crippen molar-refractivity contribution in [3.8, 4) is 0 Å². The molecule has 0 amide bonds. The van der Waals surface area contributed by atoms with Crippen LogP contribution in [-0.2, 0) is 25.4 Å². The number of hydrogen-bond donors (Lipinski definition) is 1. The van der Waals surface area contributed by atoms with E-state index >= 15 is 0 Å². The largest absolute Gasteiger partial charge is 0.377 e. The highest BCUT2D eigenvalue weighted by molar-refractivity contribution is 7.93. The second kappa shape index (κ2) is 12.9. The lowest BCUT2D eigenvalue weighted by molar-refractivity contribution is -0.119.